The van der Waals surface area contributed by atoms with E-state index < -0.39 is 0 Å². The van der Waals surface area contributed by atoms with Gasteiger partial charge in [-0.25, -0.2) is 0 Å². The van der Waals surface area contributed by atoms with Gasteiger partial charge in [0.1, 0.15) is 0 Å². The lowest BCUT2D eigenvalue weighted by Gasteiger charge is -2.05. The van der Waals surface area contributed by atoms with Crippen molar-refractivity contribution >= 4 is 17.3 Å². The minimum atomic E-state index is 0.633. The van der Waals surface area contributed by atoms with E-state index in [4.69, 9.17) is 22.1 Å². The molecule has 0 radical (unpaired) electrons. The number of benzene rings is 2. The normalized spacial score (nSPS) is 10.6. The molecule has 0 bridgehead atoms. The molecule has 2 rings (SSSR count). The summed E-state index contributed by atoms with van der Waals surface area (Å²) >= 11 is 5.82. The number of rotatable bonds is 6. The van der Waals surface area contributed by atoms with E-state index in [1.807, 2.05) is 42.5 Å². The molecule has 0 fully saturated rings. The largest absolute Gasteiger partial charge is 0.399 e. The molecule has 0 heterocycles. The van der Waals surface area contributed by atoms with E-state index in [2.05, 4.69) is 6.07 Å². The standard InChI is InChI=1S/C16H18ClNO/c17-15-8-6-14(7-9-15)12-19-10-2-4-13-3-1-5-16(18)11-13/h1,3,5-9,11H,2,4,10,12,18H2. The van der Waals surface area contributed by atoms with Gasteiger partial charge in [-0.3, -0.25) is 0 Å². The van der Waals surface area contributed by atoms with E-state index in [1.165, 1.54) is 5.56 Å². The summed E-state index contributed by atoms with van der Waals surface area (Å²) in [5, 5.41) is 0.755. The molecule has 19 heavy (non-hydrogen) atoms. The van der Waals surface area contributed by atoms with Gasteiger partial charge in [-0.2, -0.15) is 0 Å². The van der Waals surface area contributed by atoms with Crippen LogP contribution in [0.5, 0.6) is 0 Å². The van der Waals surface area contributed by atoms with Crippen LogP contribution in [0.3, 0.4) is 0 Å². The second-order valence-electron chi connectivity index (χ2n) is 4.53. The van der Waals surface area contributed by atoms with Crippen LogP contribution in [-0.2, 0) is 17.8 Å². The smallest absolute Gasteiger partial charge is 0.0716 e. The summed E-state index contributed by atoms with van der Waals surface area (Å²) in [6, 6.07) is 15.7. The highest BCUT2D eigenvalue weighted by molar-refractivity contribution is 6.30. The van der Waals surface area contributed by atoms with Crippen molar-refractivity contribution in [2.24, 2.45) is 0 Å². The highest BCUT2D eigenvalue weighted by Crippen LogP contribution is 2.11. The fourth-order valence-corrected chi connectivity index (χ4v) is 2.02. The Kier molecular flexibility index (Phi) is 5.25. The molecule has 0 aliphatic heterocycles. The average Bonchev–Trinajstić information content (AvgIpc) is 2.41. The fraction of sp³-hybridized carbons (Fsp3) is 0.250. The zero-order chi connectivity index (χ0) is 13.5. The van der Waals surface area contributed by atoms with Crippen LogP contribution >= 0.6 is 11.6 Å². The lowest BCUT2D eigenvalue weighted by atomic mass is 10.1. The first-order chi connectivity index (χ1) is 9.24. The van der Waals surface area contributed by atoms with Gasteiger partial charge in [-0.1, -0.05) is 35.9 Å². The molecule has 0 amide bonds. The van der Waals surface area contributed by atoms with Gasteiger partial charge in [0.2, 0.25) is 0 Å². The Labute approximate surface area is 119 Å². The van der Waals surface area contributed by atoms with Crippen LogP contribution in [-0.4, -0.2) is 6.61 Å². The minimum absolute atomic E-state index is 0.633. The Morgan fingerprint density at radius 1 is 1.00 bits per heavy atom. The van der Waals surface area contributed by atoms with Crippen LogP contribution in [0.4, 0.5) is 5.69 Å². The number of nitrogens with two attached hydrogens (primary N) is 1. The molecular formula is C16H18ClNO. The van der Waals surface area contributed by atoms with Crippen molar-refractivity contribution in [1.29, 1.82) is 0 Å². The topological polar surface area (TPSA) is 35.2 Å². The summed E-state index contributed by atoms with van der Waals surface area (Å²) in [5.41, 5.74) is 8.96. The van der Waals surface area contributed by atoms with Crippen LogP contribution < -0.4 is 5.73 Å². The molecule has 0 unspecified atom stereocenters. The quantitative estimate of drug-likeness (QED) is 0.637. The van der Waals surface area contributed by atoms with Gasteiger partial charge in [0, 0.05) is 17.3 Å². The van der Waals surface area contributed by atoms with Gasteiger partial charge >= 0.3 is 0 Å². The van der Waals surface area contributed by atoms with Crippen molar-refractivity contribution < 1.29 is 4.74 Å². The number of aryl methyl sites for hydroxylation is 1. The maximum atomic E-state index is 5.82. The highest BCUT2D eigenvalue weighted by Gasteiger charge is 1.96. The van der Waals surface area contributed by atoms with E-state index in [0.717, 1.165) is 35.7 Å². The maximum Gasteiger partial charge on any atom is 0.0716 e. The lowest BCUT2D eigenvalue weighted by molar-refractivity contribution is 0.118. The summed E-state index contributed by atoms with van der Waals surface area (Å²) < 4.78 is 5.64. The first-order valence-corrected chi connectivity index (χ1v) is 6.78. The molecule has 2 nitrogen and oxygen atoms in total. The molecule has 2 aromatic rings. The summed E-state index contributed by atoms with van der Waals surface area (Å²) in [7, 11) is 0. The fourth-order valence-electron chi connectivity index (χ4n) is 1.90. The van der Waals surface area contributed by atoms with Gasteiger partial charge in [0.05, 0.1) is 6.61 Å². The molecule has 0 aliphatic rings. The first kappa shape index (κ1) is 13.9. The predicted molar refractivity (Wildman–Crippen MR) is 80.3 cm³/mol. The molecule has 0 aromatic heterocycles. The lowest BCUT2D eigenvalue weighted by Crippen LogP contribution is -1.98. The SMILES string of the molecule is Nc1cccc(CCCOCc2ccc(Cl)cc2)c1. The number of hydrogen-bond acceptors (Lipinski definition) is 2. The molecule has 0 spiro atoms. The van der Waals surface area contributed by atoms with Crippen molar-refractivity contribution in [3.63, 3.8) is 0 Å². The third-order valence-corrected chi connectivity index (χ3v) is 3.14. The monoisotopic (exact) mass is 275 g/mol. The minimum Gasteiger partial charge on any atom is -0.399 e. The van der Waals surface area contributed by atoms with E-state index in [-0.39, 0.29) is 0 Å². The maximum absolute atomic E-state index is 5.82. The van der Waals surface area contributed by atoms with Crippen LogP contribution in [0.2, 0.25) is 5.02 Å². The van der Waals surface area contributed by atoms with E-state index in [1.54, 1.807) is 0 Å². The number of halogens is 1. The molecule has 100 valence electrons. The van der Waals surface area contributed by atoms with Crippen molar-refractivity contribution in [2.45, 2.75) is 19.4 Å². The second-order valence-corrected chi connectivity index (χ2v) is 4.96. The number of ether oxygens (including phenoxy) is 1. The van der Waals surface area contributed by atoms with Gasteiger partial charge < -0.3 is 10.5 Å². The summed E-state index contributed by atoms with van der Waals surface area (Å²) in [5.74, 6) is 0. The highest BCUT2D eigenvalue weighted by atomic mass is 35.5. The third kappa shape index (κ3) is 4.93. The van der Waals surface area contributed by atoms with Crippen molar-refractivity contribution in [1.82, 2.24) is 0 Å². The van der Waals surface area contributed by atoms with Crippen molar-refractivity contribution in [3.8, 4) is 0 Å². The third-order valence-electron chi connectivity index (χ3n) is 2.89. The molecule has 2 aromatic carbocycles. The average molecular weight is 276 g/mol. The van der Waals surface area contributed by atoms with Crippen LogP contribution in [0.25, 0.3) is 0 Å². The van der Waals surface area contributed by atoms with E-state index >= 15 is 0 Å². The Morgan fingerprint density at radius 3 is 2.53 bits per heavy atom. The zero-order valence-electron chi connectivity index (χ0n) is 10.8. The Morgan fingerprint density at radius 2 is 1.79 bits per heavy atom. The van der Waals surface area contributed by atoms with Crippen LogP contribution in [0, 0.1) is 0 Å². The molecule has 0 saturated carbocycles. The number of hydrogen-bond donors (Lipinski definition) is 1. The molecule has 2 N–H and O–H groups in total. The molecular weight excluding hydrogens is 258 g/mol. The first-order valence-electron chi connectivity index (χ1n) is 6.40. The number of nitrogen functional groups attached to an aromatic ring is 1. The van der Waals surface area contributed by atoms with Gasteiger partial charge in [0.25, 0.3) is 0 Å². The predicted octanol–water partition coefficient (Wildman–Crippen LogP) is 4.07. The molecule has 3 heteroatoms. The number of anilines is 1. The van der Waals surface area contributed by atoms with E-state index in [9.17, 15) is 0 Å². The zero-order valence-corrected chi connectivity index (χ0v) is 11.6. The van der Waals surface area contributed by atoms with Gasteiger partial charge in [0.15, 0.2) is 0 Å². The van der Waals surface area contributed by atoms with Crippen molar-refractivity contribution in [2.75, 3.05) is 12.3 Å². The van der Waals surface area contributed by atoms with Gasteiger partial charge in [-0.15, -0.1) is 0 Å². The van der Waals surface area contributed by atoms with Crippen LogP contribution in [0.15, 0.2) is 48.5 Å². The Hall–Kier alpha value is -1.51. The Balaban J connectivity index is 1.66. The van der Waals surface area contributed by atoms with Crippen molar-refractivity contribution in [3.05, 3.63) is 64.7 Å². The van der Waals surface area contributed by atoms with Crippen LogP contribution in [0.1, 0.15) is 17.5 Å². The molecule has 0 aliphatic carbocycles. The summed E-state index contributed by atoms with van der Waals surface area (Å²) in [4.78, 5) is 0. The summed E-state index contributed by atoms with van der Waals surface area (Å²) in [6.45, 7) is 1.38. The Bertz CT molecular complexity index is 510. The van der Waals surface area contributed by atoms with E-state index in [0.29, 0.717) is 6.61 Å². The molecule has 0 saturated heterocycles. The van der Waals surface area contributed by atoms with Gasteiger partial charge in [-0.05, 0) is 48.2 Å². The summed E-state index contributed by atoms with van der Waals surface area (Å²) in [6.07, 6.45) is 1.99. The second kappa shape index (κ2) is 7.17. The molecule has 0 atom stereocenters.